The maximum atomic E-state index is 12.7. The monoisotopic (exact) mass is 414 g/mol. The zero-order valence-electron chi connectivity index (χ0n) is 16.8. The lowest BCUT2D eigenvalue weighted by atomic mass is 10.2. The van der Waals surface area contributed by atoms with Crippen LogP contribution in [0.3, 0.4) is 0 Å². The van der Waals surface area contributed by atoms with Gasteiger partial charge in [0.25, 0.3) is 5.91 Å². The number of carbonyl (C=O) groups excluding carboxylic acids is 1. The van der Waals surface area contributed by atoms with Gasteiger partial charge in [-0.15, -0.1) is 0 Å². The van der Waals surface area contributed by atoms with Crippen molar-refractivity contribution in [3.8, 4) is 0 Å². The lowest BCUT2D eigenvalue weighted by molar-refractivity contribution is -0.121. The number of likely N-dealkylation sites (N-methyl/N-ethyl adjacent to an activating group) is 1. The van der Waals surface area contributed by atoms with Crippen LogP contribution in [0.15, 0.2) is 70.7 Å². The number of amides is 1. The van der Waals surface area contributed by atoms with Gasteiger partial charge in [-0.1, -0.05) is 18.2 Å². The van der Waals surface area contributed by atoms with E-state index in [1.165, 1.54) is 30.3 Å². The van der Waals surface area contributed by atoms with E-state index in [2.05, 4.69) is 34.1 Å². The van der Waals surface area contributed by atoms with Gasteiger partial charge in [0.2, 0.25) is 0 Å². The minimum atomic E-state index is -0.0233. The molecule has 0 N–H and O–H groups in total. The molecule has 1 amide bonds. The number of rotatable bonds is 3. The summed E-state index contributed by atoms with van der Waals surface area (Å²) in [6.45, 7) is 2.26. The largest absolute Gasteiger partial charge is 0.372 e. The van der Waals surface area contributed by atoms with Crippen molar-refractivity contribution in [2.24, 2.45) is 4.99 Å². The average molecular weight is 415 g/mol. The maximum absolute atomic E-state index is 12.7. The Hall–Kier alpha value is -3.12. The molecule has 5 rings (SSSR count). The third-order valence-electron chi connectivity index (χ3n) is 5.48. The van der Waals surface area contributed by atoms with Gasteiger partial charge in [-0.3, -0.25) is 14.7 Å². The van der Waals surface area contributed by atoms with Crippen LogP contribution in [0.5, 0.6) is 0 Å². The summed E-state index contributed by atoms with van der Waals surface area (Å²) in [7, 11) is 1.77. The molecule has 30 heavy (non-hydrogen) atoms. The van der Waals surface area contributed by atoms with E-state index in [0.29, 0.717) is 10.1 Å². The van der Waals surface area contributed by atoms with Crippen LogP contribution in [-0.4, -0.2) is 41.1 Å². The minimum Gasteiger partial charge on any atom is -0.372 e. The standard InChI is InChI=1S/C24H22N4OS/c1-27-23(29)22(15-17-6-9-20(10-7-17)28-13-2-3-14-28)30-24(27)26-19-8-11-21-18(16-19)5-4-12-25-21/h4-12,15-16H,2-3,13-14H2,1H3/b22-15-,26-24?. The molecule has 2 aliphatic heterocycles. The summed E-state index contributed by atoms with van der Waals surface area (Å²) in [5, 5.41) is 1.72. The number of pyridine rings is 1. The average Bonchev–Trinajstić information content (AvgIpc) is 3.40. The van der Waals surface area contributed by atoms with Crippen molar-refractivity contribution in [3.63, 3.8) is 0 Å². The lowest BCUT2D eigenvalue weighted by Gasteiger charge is -2.17. The number of amidine groups is 1. The number of carbonyl (C=O) groups is 1. The normalized spacial score (nSPS) is 19.6. The first-order valence-electron chi connectivity index (χ1n) is 10.1. The topological polar surface area (TPSA) is 48.8 Å². The fraction of sp³-hybridized carbons (Fsp3) is 0.208. The van der Waals surface area contributed by atoms with Crippen molar-refractivity contribution in [1.82, 2.24) is 9.88 Å². The Morgan fingerprint density at radius 3 is 2.67 bits per heavy atom. The summed E-state index contributed by atoms with van der Waals surface area (Å²) >= 11 is 1.41. The highest BCUT2D eigenvalue weighted by Gasteiger charge is 2.30. The molecule has 2 saturated heterocycles. The van der Waals surface area contributed by atoms with Gasteiger partial charge < -0.3 is 4.90 Å². The summed E-state index contributed by atoms with van der Waals surface area (Å²) < 4.78 is 0. The lowest BCUT2D eigenvalue weighted by Crippen LogP contribution is -2.23. The first kappa shape index (κ1) is 18.9. The Kier molecular flexibility index (Phi) is 5.01. The van der Waals surface area contributed by atoms with Gasteiger partial charge in [-0.2, -0.15) is 0 Å². The summed E-state index contributed by atoms with van der Waals surface area (Å²) in [6.07, 6.45) is 6.25. The van der Waals surface area contributed by atoms with E-state index < -0.39 is 0 Å². The van der Waals surface area contributed by atoms with Crippen LogP contribution in [0.25, 0.3) is 17.0 Å². The van der Waals surface area contributed by atoms with Crippen LogP contribution in [0, 0.1) is 0 Å². The smallest absolute Gasteiger partial charge is 0.266 e. The molecule has 150 valence electrons. The number of fused-ring (bicyclic) bond motifs is 1. The first-order valence-corrected chi connectivity index (χ1v) is 11.0. The molecular formula is C24H22N4OS. The highest BCUT2D eigenvalue weighted by molar-refractivity contribution is 8.18. The van der Waals surface area contributed by atoms with Gasteiger partial charge in [-0.05, 0) is 72.6 Å². The number of nitrogens with zero attached hydrogens (tertiary/aromatic N) is 4. The predicted molar refractivity (Wildman–Crippen MR) is 125 cm³/mol. The Morgan fingerprint density at radius 2 is 1.87 bits per heavy atom. The van der Waals surface area contributed by atoms with Gasteiger partial charge in [0.05, 0.1) is 16.1 Å². The van der Waals surface area contributed by atoms with Gasteiger partial charge in [0.1, 0.15) is 0 Å². The Balaban J connectivity index is 1.38. The molecule has 3 aromatic rings. The van der Waals surface area contributed by atoms with E-state index in [0.717, 1.165) is 35.2 Å². The zero-order valence-corrected chi connectivity index (χ0v) is 17.6. The number of hydrogen-bond donors (Lipinski definition) is 0. The van der Waals surface area contributed by atoms with E-state index in [-0.39, 0.29) is 5.91 Å². The van der Waals surface area contributed by atoms with Crippen LogP contribution in [-0.2, 0) is 4.79 Å². The van der Waals surface area contributed by atoms with Crippen molar-refractivity contribution >= 4 is 51.2 Å². The second-order valence-corrected chi connectivity index (χ2v) is 8.54. The Labute approximate surface area is 180 Å². The van der Waals surface area contributed by atoms with Gasteiger partial charge in [0.15, 0.2) is 5.17 Å². The molecule has 2 fully saturated rings. The highest BCUT2D eigenvalue weighted by Crippen LogP contribution is 2.34. The van der Waals surface area contributed by atoms with Crippen LogP contribution >= 0.6 is 11.8 Å². The fourth-order valence-corrected chi connectivity index (χ4v) is 4.79. The van der Waals surface area contributed by atoms with Crippen LogP contribution in [0.2, 0.25) is 0 Å². The van der Waals surface area contributed by atoms with Crippen LogP contribution < -0.4 is 4.90 Å². The molecule has 6 heteroatoms. The molecule has 3 heterocycles. The molecule has 0 saturated carbocycles. The number of aliphatic imine (C=N–C) groups is 1. The van der Waals surface area contributed by atoms with Crippen molar-refractivity contribution < 1.29 is 4.79 Å². The van der Waals surface area contributed by atoms with E-state index in [4.69, 9.17) is 4.99 Å². The van der Waals surface area contributed by atoms with Gasteiger partial charge in [-0.25, -0.2) is 4.99 Å². The number of hydrogen-bond acceptors (Lipinski definition) is 5. The van der Waals surface area contributed by atoms with E-state index in [1.54, 1.807) is 18.1 Å². The fourth-order valence-electron chi connectivity index (χ4n) is 3.80. The molecule has 2 aliphatic rings. The maximum Gasteiger partial charge on any atom is 0.266 e. The molecule has 0 spiro atoms. The molecule has 0 atom stereocenters. The number of thioether (sulfide) groups is 1. The van der Waals surface area contributed by atoms with E-state index in [1.807, 2.05) is 36.4 Å². The molecule has 0 bridgehead atoms. The molecule has 0 aliphatic carbocycles. The van der Waals surface area contributed by atoms with Crippen LogP contribution in [0.1, 0.15) is 18.4 Å². The molecule has 1 aromatic heterocycles. The quantitative estimate of drug-likeness (QED) is 0.562. The third kappa shape index (κ3) is 3.71. The van der Waals surface area contributed by atoms with Crippen molar-refractivity contribution in [2.75, 3.05) is 25.0 Å². The zero-order chi connectivity index (χ0) is 20.5. The predicted octanol–water partition coefficient (Wildman–Crippen LogP) is 5.07. The SMILES string of the molecule is CN1C(=O)/C(=C/c2ccc(N3CCCC3)cc2)SC1=Nc1ccc2ncccc2c1. The first-order chi connectivity index (χ1) is 14.7. The second kappa shape index (κ2) is 7.95. The molecule has 5 nitrogen and oxygen atoms in total. The minimum absolute atomic E-state index is 0.0233. The number of benzene rings is 2. The van der Waals surface area contributed by atoms with Gasteiger partial charge in [0, 0.05) is 37.4 Å². The number of anilines is 1. The summed E-state index contributed by atoms with van der Waals surface area (Å²) in [6, 6.07) is 18.3. The molecule has 0 radical (unpaired) electrons. The van der Waals surface area contributed by atoms with Crippen molar-refractivity contribution in [3.05, 3.63) is 71.3 Å². The highest BCUT2D eigenvalue weighted by atomic mass is 32.2. The van der Waals surface area contributed by atoms with Crippen molar-refractivity contribution in [2.45, 2.75) is 12.8 Å². The Bertz CT molecular complexity index is 1160. The summed E-state index contributed by atoms with van der Waals surface area (Å²) in [5.41, 5.74) is 4.03. The second-order valence-electron chi connectivity index (χ2n) is 7.54. The molecular weight excluding hydrogens is 392 g/mol. The third-order valence-corrected chi connectivity index (χ3v) is 6.54. The van der Waals surface area contributed by atoms with Gasteiger partial charge >= 0.3 is 0 Å². The van der Waals surface area contributed by atoms with E-state index in [9.17, 15) is 4.79 Å². The molecule has 0 unspecified atom stereocenters. The Morgan fingerprint density at radius 1 is 1.07 bits per heavy atom. The molecule has 2 aromatic carbocycles. The van der Waals surface area contributed by atoms with Crippen molar-refractivity contribution in [1.29, 1.82) is 0 Å². The summed E-state index contributed by atoms with van der Waals surface area (Å²) in [5.74, 6) is -0.0233. The number of aromatic nitrogens is 1. The van der Waals surface area contributed by atoms with Crippen LogP contribution in [0.4, 0.5) is 11.4 Å². The summed E-state index contributed by atoms with van der Waals surface area (Å²) in [4.78, 5) is 26.5. The van der Waals surface area contributed by atoms with E-state index >= 15 is 0 Å².